The minimum atomic E-state index is 0.661. The highest BCUT2D eigenvalue weighted by Gasteiger charge is 2.30. The number of aromatic nitrogens is 3. The molecule has 30 heavy (non-hydrogen) atoms. The van der Waals surface area contributed by atoms with Crippen molar-refractivity contribution >= 4 is 23.1 Å². The van der Waals surface area contributed by atoms with Crippen LogP contribution in [0.4, 0.5) is 5.82 Å². The molecule has 0 N–H and O–H groups in total. The second-order valence-electron chi connectivity index (χ2n) is 8.60. The fourth-order valence-electron chi connectivity index (χ4n) is 4.55. The lowest BCUT2D eigenvalue weighted by atomic mass is 10.1. The van der Waals surface area contributed by atoms with Crippen LogP contribution in [0.1, 0.15) is 50.3 Å². The number of rotatable bonds is 8. The second-order valence-corrected chi connectivity index (χ2v) is 9.00. The van der Waals surface area contributed by atoms with E-state index >= 15 is 0 Å². The van der Waals surface area contributed by atoms with Gasteiger partial charge in [0, 0.05) is 35.5 Å². The zero-order valence-corrected chi connectivity index (χ0v) is 18.6. The van der Waals surface area contributed by atoms with Gasteiger partial charge in [0.25, 0.3) is 0 Å². The van der Waals surface area contributed by atoms with Crippen LogP contribution in [-0.2, 0) is 12.8 Å². The highest BCUT2D eigenvalue weighted by atomic mass is 35.5. The quantitative estimate of drug-likeness (QED) is 0.474. The molecule has 0 atom stereocenters. The Morgan fingerprint density at radius 1 is 1.23 bits per heavy atom. The number of halogens is 1. The van der Waals surface area contributed by atoms with Gasteiger partial charge in [-0.1, -0.05) is 24.9 Å². The summed E-state index contributed by atoms with van der Waals surface area (Å²) in [4.78, 5) is 7.67. The summed E-state index contributed by atoms with van der Waals surface area (Å²) in [5, 5.41) is 5.50. The molecule has 1 fully saturated rings. The zero-order chi connectivity index (χ0) is 20.7. The molecule has 5 nitrogen and oxygen atoms in total. The van der Waals surface area contributed by atoms with Crippen molar-refractivity contribution in [2.75, 3.05) is 25.1 Å². The van der Waals surface area contributed by atoms with E-state index in [9.17, 15) is 0 Å². The number of aryl methyl sites for hydroxylation is 1. The smallest absolute Gasteiger partial charge is 0.165 e. The first-order chi connectivity index (χ1) is 14.7. The largest absolute Gasteiger partial charge is 0.497 e. The topological polar surface area (TPSA) is 42.7 Å². The molecular formula is C24H29ClN4O. The minimum absolute atomic E-state index is 0.661. The number of hydrogen-bond acceptors (Lipinski definition) is 4. The van der Waals surface area contributed by atoms with Crippen LogP contribution < -0.4 is 9.64 Å². The number of hydrogen-bond donors (Lipinski definition) is 0. The summed E-state index contributed by atoms with van der Waals surface area (Å²) >= 11 is 6.61. The molecule has 0 saturated heterocycles. The number of ether oxygens (including phenoxy) is 1. The summed E-state index contributed by atoms with van der Waals surface area (Å²) in [7, 11) is 1.66. The van der Waals surface area contributed by atoms with Crippen molar-refractivity contribution in [2.45, 2.75) is 51.9 Å². The van der Waals surface area contributed by atoms with Crippen LogP contribution in [0, 0.1) is 5.92 Å². The van der Waals surface area contributed by atoms with Crippen molar-refractivity contribution in [2.24, 2.45) is 5.92 Å². The number of benzene rings is 1. The molecule has 1 saturated carbocycles. The molecule has 5 rings (SSSR count). The van der Waals surface area contributed by atoms with E-state index in [1.54, 1.807) is 7.11 Å². The van der Waals surface area contributed by atoms with E-state index in [0.717, 1.165) is 54.4 Å². The molecule has 0 aliphatic heterocycles. The molecule has 2 aromatic heterocycles. The number of methoxy groups -OCH3 is 1. The summed E-state index contributed by atoms with van der Waals surface area (Å²) in [6.07, 6.45) is 10.3. The van der Waals surface area contributed by atoms with Gasteiger partial charge in [-0.2, -0.15) is 9.61 Å². The molecule has 2 aliphatic rings. The minimum Gasteiger partial charge on any atom is -0.497 e. The number of nitrogens with zero attached hydrogens (tertiary/aromatic N) is 4. The van der Waals surface area contributed by atoms with E-state index in [1.807, 2.05) is 24.4 Å². The van der Waals surface area contributed by atoms with Crippen molar-refractivity contribution < 1.29 is 4.74 Å². The monoisotopic (exact) mass is 424 g/mol. The Labute approximate surface area is 183 Å². The Balaban J connectivity index is 1.66. The van der Waals surface area contributed by atoms with Crippen LogP contribution in [-0.4, -0.2) is 34.8 Å². The Bertz CT molecular complexity index is 1070. The first-order valence-electron chi connectivity index (χ1n) is 11.2. The molecular weight excluding hydrogens is 396 g/mol. The van der Waals surface area contributed by atoms with Gasteiger partial charge in [0.05, 0.1) is 18.3 Å². The Morgan fingerprint density at radius 2 is 2.10 bits per heavy atom. The highest BCUT2D eigenvalue weighted by molar-refractivity contribution is 6.33. The summed E-state index contributed by atoms with van der Waals surface area (Å²) in [5.74, 6) is 2.85. The van der Waals surface area contributed by atoms with E-state index in [1.165, 1.54) is 49.2 Å². The molecule has 0 radical (unpaired) electrons. The summed E-state index contributed by atoms with van der Waals surface area (Å²) in [6.45, 7) is 4.47. The summed E-state index contributed by atoms with van der Waals surface area (Å²) in [6, 6.07) is 5.81. The number of anilines is 1. The fraction of sp³-hybridized carbons (Fsp3) is 0.500. The van der Waals surface area contributed by atoms with Gasteiger partial charge in [0.15, 0.2) is 5.65 Å². The standard InChI is InChI=1S/C24H29ClN4O/c1-3-4-12-28(15-16-8-9-16)24-19-6-5-7-22(19)27-23-20(14-26-29(23)24)18-11-10-17(30-2)13-21(18)25/h10-11,13-14,16H,3-9,12,15H2,1-2H3. The van der Waals surface area contributed by atoms with Crippen molar-refractivity contribution in [3.8, 4) is 16.9 Å². The van der Waals surface area contributed by atoms with Crippen LogP contribution in [0.15, 0.2) is 24.4 Å². The molecule has 0 bridgehead atoms. The lowest BCUT2D eigenvalue weighted by Crippen LogP contribution is -2.30. The normalized spacial score (nSPS) is 15.6. The predicted octanol–water partition coefficient (Wildman–Crippen LogP) is 5.56. The molecule has 1 aromatic carbocycles. The maximum absolute atomic E-state index is 6.61. The van der Waals surface area contributed by atoms with E-state index < -0.39 is 0 Å². The first kappa shape index (κ1) is 19.7. The van der Waals surface area contributed by atoms with Gasteiger partial charge < -0.3 is 9.64 Å². The Morgan fingerprint density at radius 3 is 2.83 bits per heavy atom. The van der Waals surface area contributed by atoms with Gasteiger partial charge in [-0.25, -0.2) is 4.98 Å². The first-order valence-corrected chi connectivity index (χ1v) is 11.6. The van der Waals surface area contributed by atoms with E-state index in [4.69, 9.17) is 26.4 Å². The second kappa shape index (κ2) is 8.10. The average molecular weight is 425 g/mol. The third-order valence-corrected chi connectivity index (χ3v) is 6.68. The predicted molar refractivity (Wildman–Crippen MR) is 122 cm³/mol. The van der Waals surface area contributed by atoms with Gasteiger partial charge in [-0.15, -0.1) is 0 Å². The van der Waals surface area contributed by atoms with E-state index in [0.29, 0.717) is 5.02 Å². The van der Waals surface area contributed by atoms with Gasteiger partial charge in [-0.3, -0.25) is 0 Å². The SMILES string of the molecule is CCCCN(CC1CC1)c1c2c(nc3c(-c4ccc(OC)cc4Cl)cnn13)CCC2. The van der Waals surface area contributed by atoms with Crippen LogP contribution >= 0.6 is 11.6 Å². The number of fused-ring (bicyclic) bond motifs is 2. The molecule has 0 amide bonds. The lowest BCUT2D eigenvalue weighted by Gasteiger charge is -2.27. The van der Waals surface area contributed by atoms with Crippen molar-refractivity contribution in [1.29, 1.82) is 0 Å². The van der Waals surface area contributed by atoms with Crippen LogP contribution in [0.2, 0.25) is 5.02 Å². The van der Waals surface area contributed by atoms with Crippen molar-refractivity contribution in [3.63, 3.8) is 0 Å². The molecule has 2 heterocycles. The third-order valence-electron chi connectivity index (χ3n) is 6.37. The Hall–Kier alpha value is -2.27. The van der Waals surface area contributed by atoms with Gasteiger partial charge in [0.2, 0.25) is 0 Å². The molecule has 2 aliphatic carbocycles. The Kier molecular flexibility index (Phi) is 5.32. The molecule has 0 unspecified atom stereocenters. The van der Waals surface area contributed by atoms with Crippen LogP contribution in [0.25, 0.3) is 16.8 Å². The number of unbranched alkanes of at least 4 members (excludes halogenated alkanes) is 1. The van der Waals surface area contributed by atoms with Gasteiger partial charge in [0.1, 0.15) is 11.6 Å². The summed E-state index contributed by atoms with van der Waals surface area (Å²) in [5.41, 5.74) is 5.48. The molecule has 6 heteroatoms. The maximum atomic E-state index is 6.61. The van der Waals surface area contributed by atoms with E-state index in [2.05, 4.69) is 16.3 Å². The van der Waals surface area contributed by atoms with Crippen LogP contribution in [0.5, 0.6) is 5.75 Å². The average Bonchev–Trinajstić information content (AvgIpc) is 3.28. The van der Waals surface area contributed by atoms with Crippen LogP contribution in [0.3, 0.4) is 0 Å². The van der Waals surface area contributed by atoms with Crippen molar-refractivity contribution in [3.05, 3.63) is 40.7 Å². The lowest BCUT2D eigenvalue weighted by molar-refractivity contribution is 0.415. The molecule has 0 spiro atoms. The molecule has 158 valence electrons. The summed E-state index contributed by atoms with van der Waals surface area (Å²) < 4.78 is 7.40. The zero-order valence-electron chi connectivity index (χ0n) is 17.8. The molecule has 3 aromatic rings. The maximum Gasteiger partial charge on any atom is 0.165 e. The van der Waals surface area contributed by atoms with E-state index in [-0.39, 0.29) is 0 Å². The fourth-order valence-corrected chi connectivity index (χ4v) is 4.83. The van der Waals surface area contributed by atoms with Gasteiger partial charge >= 0.3 is 0 Å². The van der Waals surface area contributed by atoms with Crippen molar-refractivity contribution in [1.82, 2.24) is 14.6 Å². The highest BCUT2D eigenvalue weighted by Crippen LogP contribution is 2.39. The van der Waals surface area contributed by atoms with Gasteiger partial charge in [-0.05, 0) is 62.6 Å². The third kappa shape index (κ3) is 3.53.